The van der Waals surface area contributed by atoms with E-state index in [1.165, 1.54) is 12.1 Å². The maximum atomic E-state index is 12.7. The van der Waals surface area contributed by atoms with Crippen LogP contribution < -0.4 is 14.8 Å². The number of anilines is 2. The van der Waals surface area contributed by atoms with Gasteiger partial charge in [-0.1, -0.05) is 12.1 Å². The molecule has 0 aliphatic rings. The van der Waals surface area contributed by atoms with E-state index in [4.69, 9.17) is 4.74 Å². The Morgan fingerprint density at radius 3 is 2.33 bits per heavy atom. The lowest BCUT2D eigenvalue weighted by atomic mass is 10.1. The highest BCUT2D eigenvalue weighted by Gasteiger charge is 2.16. The van der Waals surface area contributed by atoms with Gasteiger partial charge >= 0.3 is 0 Å². The third-order valence-electron chi connectivity index (χ3n) is 4.69. The van der Waals surface area contributed by atoms with Gasteiger partial charge in [0.25, 0.3) is 15.9 Å². The van der Waals surface area contributed by atoms with Crippen molar-refractivity contribution in [2.75, 3.05) is 17.1 Å². The Morgan fingerprint density at radius 2 is 1.70 bits per heavy atom. The molecule has 0 aromatic heterocycles. The number of nitrogens with one attached hydrogen (secondary N) is 2. The van der Waals surface area contributed by atoms with Crippen LogP contribution in [-0.2, 0) is 10.0 Å². The average molecular weight is 536 g/mol. The highest BCUT2D eigenvalue weighted by Crippen LogP contribution is 2.24. The van der Waals surface area contributed by atoms with E-state index in [9.17, 15) is 13.2 Å². The molecule has 0 saturated carbocycles. The molecule has 0 aliphatic heterocycles. The number of ether oxygens (including phenoxy) is 1. The van der Waals surface area contributed by atoms with Gasteiger partial charge in [-0.2, -0.15) is 0 Å². The zero-order valence-corrected chi connectivity index (χ0v) is 19.7. The molecule has 0 radical (unpaired) electrons. The zero-order valence-electron chi connectivity index (χ0n) is 16.7. The normalized spacial score (nSPS) is 11.1. The predicted octanol–water partition coefficient (Wildman–Crippen LogP) is 4.97. The van der Waals surface area contributed by atoms with E-state index in [1.807, 2.05) is 19.9 Å². The lowest BCUT2D eigenvalue weighted by molar-refractivity contribution is 0.102. The van der Waals surface area contributed by atoms with E-state index in [2.05, 4.69) is 32.6 Å². The second-order valence-electron chi connectivity index (χ2n) is 6.68. The van der Waals surface area contributed by atoms with Gasteiger partial charge in [0.15, 0.2) is 0 Å². The minimum absolute atomic E-state index is 0.111. The molecule has 0 aliphatic carbocycles. The van der Waals surface area contributed by atoms with Crippen LogP contribution in [0.3, 0.4) is 0 Å². The zero-order chi connectivity index (χ0) is 21.9. The fourth-order valence-electron chi connectivity index (χ4n) is 2.79. The topological polar surface area (TPSA) is 84.5 Å². The van der Waals surface area contributed by atoms with Crippen LogP contribution in [0.2, 0.25) is 0 Å². The molecule has 0 atom stereocenters. The van der Waals surface area contributed by atoms with Gasteiger partial charge in [-0.25, -0.2) is 8.42 Å². The van der Waals surface area contributed by atoms with E-state index >= 15 is 0 Å². The average Bonchev–Trinajstić information content (AvgIpc) is 2.71. The summed E-state index contributed by atoms with van der Waals surface area (Å²) in [7, 11) is -2.17. The molecular formula is C22H21IN2O4S. The lowest BCUT2D eigenvalue weighted by Gasteiger charge is -2.13. The van der Waals surface area contributed by atoms with Gasteiger partial charge < -0.3 is 10.1 Å². The minimum atomic E-state index is -3.74. The molecule has 6 nitrogen and oxygen atoms in total. The number of carbonyl (C=O) groups excluding carboxylic acids is 1. The minimum Gasteiger partial charge on any atom is -0.496 e. The molecule has 0 fully saturated rings. The Morgan fingerprint density at radius 1 is 1.00 bits per heavy atom. The van der Waals surface area contributed by atoms with Crippen LogP contribution in [0.15, 0.2) is 65.6 Å². The molecule has 0 spiro atoms. The summed E-state index contributed by atoms with van der Waals surface area (Å²) in [5, 5.41) is 2.77. The van der Waals surface area contributed by atoms with Crippen molar-refractivity contribution in [3.8, 4) is 5.75 Å². The molecule has 8 heteroatoms. The molecule has 0 heterocycles. The highest BCUT2D eigenvalue weighted by molar-refractivity contribution is 14.1. The van der Waals surface area contributed by atoms with Crippen molar-refractivity contribution in [3.63, 3.8) is 0 Å². The van der Waals surface area contributed by atoms with Crippen LogP contribution in [0.1, 0.15) is 21.5 Å². The molecule has 3 aromatic rings. The van der Waals surface area contributed by atoms with Crippen molar-refractivity contribution >= 4 is 49.9 Å². The van der Waals surface area contributed by atoms with Gasteiger partial charge in [-0.3, -0.25) is 9.52 Å². The highest BCUT2D eigenvalue weighted by atomic mass is 127. The van der Waals surface area contributed by atoms with Crippen LogP contribution in [0.25, 0.3) is 0 Å². The summed E-state index contributed by atoms with van der Waals surface area (Å²) in [6.45, 7) is 3.79. The largest absolute Gasteiger partial charge is 0.496 e. The summed E-state index contributed by atoms with van der Waals surface area (Å²) in [6, 6.07) is 16.6. The first-order chi connectivity index (χ1) is 14.2. The fraction of sp³-hybridized carbons (Fsp3) is 0.136. The standard InChI is InChI=1S/C22H21IN2O4S/c1-14-5-4-6-20(15(14)2)25-30(27,28)18-10-8-17(9-11-18)24-22(26)16-7-12-21(29-3)19(23)13-16/h4-13,25H,1-3H3,(H,24,26). The second-order valence-corrected chi connectivity index (χ2v) is 9.53. The van der Waals surface area contributed by atoms with Gasteiger partial charge in [-0.05, 0) is 96.1 Å². The molecule has 0 unspecified atom stereocenters. The molecule has 0 saturated heterocycles. The van der Waals surface area contributed by atoms with Crippen molar-refractivity contribution in [1.29, 1.82) is 0 Å². The van der Waals surface area contributed by atoms with Crippen molar-refractivity contribution < 1.29 is 17.9 Å². The Labute approximate surface area is 189 Å². The van der Waals surface area contributed by atoms with Crippen LogP contribution in [0.5, 0.6) is 5.75 Å². The third-order valence-corrected chi connectivity index (χ3v) is 6.91. The summed E-state index contributed by atoms with van der Waals surface area (Å²) < 4.78 is 34.1. The van der Waals surface area contributed by atoms with Gasteiger partial charge in [0.05, 0.1) is 21.3 Å². The van der Waals surface area contributed by atoms with Gasteiger partial charge in [0, 0.05) is 11.3 Å². The maximum Gasteiger partial charge on any atom is 0.261 e. The van der Waals surface area contributed by atoms with E-state index < -0.39 is 10.0 Å². The quantitative estimate of drug-likeness (QED) is 0.436. The number of rotatable bonds is 6. The third kappa shape index (κ3) is 4.93. The number of hydrogen-bond donors (Lipinski definition) is 2. The van der Waals surface area contributed by atoms with Crippen molar-refractivity contribution in [3.05, 3.63) is 80.9 Å². The van der Waals surface area contributed by atoms with E-state index in [0.717, 1.165) is 14.7 Å². The number of benzene rings is 3. The summed E-state index contributed by atoms with van der Waals surface area (Å²) in [5.41, 5.74) is 3.40. The number of carbonyl (C=O) groups is 1. The first-order valence-electron chi connectivity index (χ1n) is 9.05. The number of amides is 1. The summed E-state index contributed by atoms with van der Waals surface area (Å²) in [5.74, 6) is 0.401. The number of aryl methyl sites for hydroxylation is 1. The number of hydrogen-bond acceptors (Lipinski definition) is 4. The molecule has 1 amide bonds. The van der Waals surface area contributed by atoms with Crippen LogP contribution in [0, 0.1) is 17.4 Å². The van der Waals surface area contributed by atoms with Crippen LogP contribution in [0.4, 0.5) is 11.4 Å². The molecule has 3 aromatic carbocycles. The number of methoxy groups -OCH3 is 1. The van der Waals surface area contributed by atoms with E-state index in [0.29, 0.717) is 22.7 Å². The van der Waals surface area contributed by atoms with Crippen molar-refractivity contribution in [2.24, 2.45) is 0 Å². The van der Waals surface area contributed by atoms with Crippen LogP contribution in [-0.4, -0.2) is 21.4 Å². The van der Waals surface area contributed by atoms with E-state index in [-0.39, 0.29) is 10.8 Å². The van der Waals surface area contributed by atoms with Gasteiger partial charge in [-0.15, -0.1) is 0 Å². The molecule has 3 rings (SSSR count). The number of sulfonamides is 1. The van der Waals surface area contributed by atoms with Gasteiger partial charge in [0.1, 0.15) is 5.75 Å². The first-order valence-corrected chi connectivity index (χ1v) is 11.6. The van der Waals surface area contributed by atoms with Crippen molar-refractivity contribution in [1.82, 2.24) is 0 Å². The second kappa shape index (κ2) is 9.05. The van der Waals surface area contributed by atoms with Crippen molar-refractivity contribution in [2.45, 2.75) is 18.7 Å². The number of halogens is 1. The van der Waals surface area contributed by atoms with Crippen LogP contribution >= 0.6 is 22.6 Å². The SMILES string of the molecule is COc1ccc(C(=O)Nc2ccc(S(=O)(=O)Nc3cccc(C)c3C)cc2)cc1I. The Hall–Kier alpha value is -2.59. The monoisotopic (exact) mass is 536 g/mol. The summed E-state index contributed by atoms with van der Waals surface area (Å²) in [4.78, 5) is 12.6. The predicted molar refractivity (Wildman–Crippen MR) is 127 cm³/mol. The molecule has 30 heavy (non-hydrogen) atoms. The summed E-state index contributed by atoms with van der Waals surface area (Å²) in [6.07, 6.45) is 0. The first kappa shape index (κ1) is 22.1. The smallest absolute Gasteiger partial charge is 0.261 e. The molecule has 0 bridgehead atoms. The van der Waals surface area contributed by atoms with E-state index in [1.54, 1.807) is 49.6 Å². The Bertz CT molecular complexity index is 1190. The lowest BCUT2D eigenvalue weighted by Crippen LogP contribution is -2.15. The summed E-state index contributed by atoms with van der Waals surface area (Å²) >= 11 is 2.10. The van der Waals surface area contributed by atoms with Gasteiger partial charge in [0.2, 0.25) is 0 Å². The Balaban J connectivity index is 1.74. The maximum absolute atomic E-state index is 12.7. The molecule has 2 N–H and O–H groups in total. The molecule has 156 valence electrons. The Kier molecular flexibility index (Phi) is 6.67. The fourth-order valence-corrected chi connectivity index (χ4v) is 4.65. The molecular weight excluding hydrogens is 515 g/mol.